The summed E-state index contributed by atoms with van der Waals surface area (Å²) in [4.78, 5) is 14.7. The molecule has 25 heavy (non-hydrogen) atoms. The zero-order valence-electron chi connectivity index (χ0n) is 13.8. The topological polar surface area (TPSA) is 69.2 Å². The van der Waals surface area contributed by atoms with E-state index in [4.69, 9.17) is 0 Å². The SMILES string of the molecule is Cc1[nH]nc2cc(F)c(C(=O)N3CCCC3c3ccc(O)cc3)cc12. The lowest BCUT2D eigenvalue weighted by molar-refractivity contribution is 0.0731. The lowest BCUT2D eigenvalue weighted by atomic mass is 10.0. The molecule has 1 aromatic heterocycles. The largest absolute Gasteiger partial charge is 0.508 e. The molecule has 2 aromatic carbocycles. The number of aryl methyl sites for hydroxylation is 1. The van der Waals surface area contributed by atoms with Gasteiger partial charge in [0.25, 0.3) is 5.91 Å². The minimum atomic E-state index is -0.555. The molecule has 0 spiro atoms. The predicted octanol–water partition coefficient (Wildman–Crippen LogP) is 3.69. The summed E-state index contributed by atoms with van der Waals surface area (Å²) >= 11 is 0. The average Bonchev–Trinajstić information content (AvgIpc) is 3.22. The van der Waals surface area contributed by atoms with Gasteiger partial charge in [-0.1, -0.05) is 12.1 Å². The molecule has 0 radical (unpaired) electrons. The molecule has 1 aliphatic rings. The Morgan fingerprint density at radius 2 is 2.08 bits per heavy atom. The van der Waals surface area contributed by atoms with Crippen LogP contribution in [-0.2, 0) is 0 Å². The van der Waals surface area contributed by atoms with Gasteiger partial charge in [0.05, 0.1) is 17.1 Å². The summed E-state index contributed by atoms with van der Waals surface area (Å²) in [5, 5.41) is 17.1. The number of carbonyl (C=O) groups excluding carboxylic acids is 1. The minimum absolute atomic E-state index is 0.0719. The third-order valence-corrected chi connectivity index (χ3v) is 4.86. The van der Waals surface area contributed by atoms with E-state index in [9.17, 15) is 14.3 Å². The van der Waals surface area contributed by atoms with Crippen LogP contribution in [-0.4, -0.2) is 32.7 Å². The number of amides is 1. The van der Waals surface area contributed by atoms with Gasteiger partial charge >= 0.3 is 0 Å². The van der Waals surface area contributed by atoms with Gasteiger partial charge in [0.2, 0.25) is 0 Å². The Labute approximate surface area is 144 Å². The molecule has 6 heteroatoms. The molecule has 0 bridgehead atoms. The number of hydrogen-bond donors (Lipinski definition) is 2. The third-order valence-electron chi connectivity index (χ3n) is 4.86. The monoisotopic (exact) mass is 339 g/mol. The standard InChI is InChI=1S/C19H18FN3O2/c1-11-14-9-15(16(20)10-17(14)22-21-11)19(25)23-8-2-3-18(23)12-4-6-13(24)7-5-12/h4-7,9-10,18,24H,2-3,8H2,1H3,(H,21,22). The Morgan fingerprint density at radius 3 is 2.84 bits per heavy atom. The quantitative estimate of drug-likeness (QED) is 0.748. The number of aromatic amines is 1. The number of phenols is 1. The van der Waals surface area contributed by atoms with Crippen molar-refractivity contribution in [3.63, 3.8) is 0 Å². The second kappa shape index (κ2) is 5.88. The molecule has 2 N–H and O–H groups in total. The highest BCUT2D eigenvalue weighted by molar-refractivity contribution is 5.99. The lowest BCUT2D eigenvalue weighted by Gasteiger charge is -2.25. The van der Waals surface area contributed by atoms with Crippen molar-refractivity contribution in [2.24, 2.45) is 0 Å². The molecule has 0 saturated carbocycles. The van der Waals surface area contributed by atoms with Gasteiger partial charge in [-0.2, -0.15) is 5.10 Å². The van der Waals surface area contributed by atoms with Crippen LogP contribution in [0.1, 0.15) is 40.5 Å². The molecule has 1 atom stereocenters. The summed E-state index contributed by atoms with van der Waals surface area (Å²) in [6, 6.07) is 9.62. The summed E-state index contributed by atoms with van der Waals surface area (Å²) < 4.78 is 14.5. The summed E-state index contributed by atoms with van der Waals surface area (Å²) in [5.74, 6) is -0.678. The highest BCUT2D eigenvalue weighted by Gasteiger charge is 2.32. The van der Waals surface area contributed by atoms with Crippen LogP contribution in [0.2, 0.25) is 0 Å². The number of aromatic nitrogens is 2. The molecule has 128 valence electrons. The van der Waals surface area contributed by atoms with Crippen molar-refractivity contribution in [1.82, 2.24) is 15.1 Å². The number of aromatic hydroxyl groups is 1. The van der Waals surface area contributed by atoms with Gasteiger partial charge in [0.1, 0.15) is 11.6 Å². The number of nitrogens with zero attached hydrogens (tertiary/aromatic N) is 2. The van der Waals surface area contributed by atoms with Crippen molar-refractivity contribution < 1.29 is 14.3 Å². The second-order valence-corrected chi connectivity index (χ2v) is 6.45. The maximum atomic E-state index is 14.5. The molecule has 1 fully saturated rings. The van der Waals surface area contributed by atoms with E-state index in [1.807, 2.05) is 19.1 Å². The summed E-state index contributed by atoms with van der Waals surface area (Å²) in [6.45, 7) is 2.43. The first-order valence-corrected chi connectivity index (χ1v) is 8.28. The van der Waals surface area contributed by atoms with E-state index in [2.05, 4.69) is 10.2 Å². The number of hydrogen-bond acceptors (Lipinski definition) is 3. The Bertz CT molecular complexity index is 949. The van der Waals surface area contributed by atoms with E-state index in [1.165, 1.54) is 6.07 Å². The van der Waals surface area contributed by atoms with Crippen molar-refractivity contribution in [2.75, 3.05) is 6.54 Å². The molecule has 3 aromatic rings. The van der Waals surface area contributed by atoms with Crippen molar-refractivity contribution in [3.05, 3.63) is 59.0 Å². The van der Waals surface area contributed by atoms with Crippen LogP contribution in [0.25, 0.3) is 10.9 Å². The summed E-state index contributed by atoms with van der Waals surface area (Å²) in [6.07, 6.45) is 1.69. The highest BCUT2D eigenvalue weighted by Crippen LogP contribution is 2.34. The molecule has 2 heterocycles. The van der Waals surface area contributed by atoms with Gasteiger partial charge in [-0.25, -0.2) is 4.39 Å². The van der Waals surface area contributed by atoms with Crippen LogP contribution in [0, 0.1) is 12.7 Å². The van der Waals surface area contributed by atoms with Crippen LogP contribution in [0.3, 0.4) is 0 Å². The normalized spacial score (nSPS) is 17.4. The van der Waals surface area contributed by atoms with Gasteiger partial charge in [0, 0.05) is 23.7 Å². The fourth-order valence-electron chi connectivity index (χ4n) is 3.53. The number of rotatable bonds is 2. The van der Waals surface area contributed by atoms with Crippen LogP contribution >= 0.6 is 0 Å². The molecule has 0 aliphatic carbocycles. The van der Waals surface area contributed by atoms with Gasteiger partial charge in [-0.05, 0) is 43.5 Å². The van der Waals surface area contributed by atoms with Gasteiger partial charge in [-0.3, -0.25) is 9.89 Å². The molecule has 1 unspecified atom stereocenters. The van der Waals surface area contributed by atoms with E-state index < -0.39 is 5.82 Å². The number of carbonyl (C=O) groups is 1. The van der Waals surface area contributed by atoms with Crippen LogP contribution < -0.4 is 0 Å². The van der Waals surface area contributed by atoms with Crippen molar-refractivity contribution >= 4 is 16.8 Å². The first-order valence-electron chi connectivity index (χ1n) is 8.28. The lowest BCUT2D eigenvalue weighted by Crippen LogP contribution is -2.31. The third kappa shape index (κ3) is 2.63. The first kappa shape index (κ1) is 15.6. The van der Waals surface area contributed by atoms with Gasteiger partial charge in [-0.15, -0.1) is 0 Å². The number of halogens is 1. The average molecular weight is 339 g/mol. The molecule has 4 rings (SSSR count). The molecular weight excluding hydrogens is 321 g/mol. The minimum Gasteiger partial charge on any atom is -0.508 e. The van der Waals surface area contributed by atoms with Gasteiger partial charge < -0.3 is 10.0 Å². The Morgan fingerprint density at radius 1 is 1.32 bits per heavy atom. The fourth-order valence-corrected chi connectivity index (χ4v) is 3.53. The van der Waals surface area contributed by atoms with E-state index in [1.54, 1.807) is 23.1 Å². The Kier molecular flexibility index (Phi) is 3.67. The van der Waals surface area contributed by atoms with Crippen molar-refractivity contribution in [3.8, 4) is 5.75 Å². The van der Waals surface area contributed by atoms with Crippen LogP contribution in [0.4, 0.5) is 4.39 Å². The number of nitrogens with one attached hydrogen (secondary N) is 1. The number of likely N-dealkylation sites (tertiary alicyclic amines) is 1. The Hall–Kier alpha value is -2.89. The summed E-state index contributed by atoms with van der Waals surface area (Å²) in [5.41, 5.74) is 2.34. The van der Waals surface area contributed by atoms with Gasteiger partial charge in [0.15, 0.2) is 0 Å². The maximum absolute atomic E-state index is 14.5. The molecule has 1 saturated heterocycles. The molecule has 1 amide bonds. The van der Waals surface area contributed by atoms with E-state index >= 15 is 0 Å². The highest BCUT2D eigenvalue weighted by atomic mass is 19.1. The van der Waals surface area contributed by atoms with E-state index in [-0.39, 0.29) is 23.3 Å². The van der Waals surface area contributed by atoms with Crippen molar-refractivity contribution in [1.29, 1.82) is 0 Å². The van der Waals surface area contributed by atoms with E-state index in [0.29, 0.717) is 12.1 Å². The molecule has 1 aliphatic heterocycles. The Balaban J connectivity index is 1.71. The number of H-pyrrole nitrogens is 1. The van der Waals surface area contributed by atoms with Crippen molar-refractivity contribution in [2.45, 2.75) is 25.8 Å². The molecule has 5 nitrogen and oxygen atoms in total. The predicted molar refractivity (Wildman–Crippen MR) is 91.9 cm³/mol. The maximum Gasteiger partial charge on any atom is 0.257 e. The van der Waals surface area contributed by atoms with Crippen LogP contribution in [0.5, 0.6) is 5.75 Å². The number of phenolic OH excluding ortho intramolecular Hbond substituents is 1. The number of fused-ring (bicyclic) bond motifs is 1. The smallest absolute Gasteiger partial charge is 0.257 e. The summed E-state index contributed by atoms with van der Waals surface area (Å²) in [7, 11) is 0. The zero-order valence-corrected chi connectivity index (χ0v) is 13.8. The number of benzene rings is 2. The zero-order chi connectivity index (χ0) is 17.6. The van der Waals surface area contributed by atoms with Crippen LogP contribution in [0.15, 0.2) is 36.4 Å². The molecular formula is C19H18FN3O2. The second-order valence-electron chi connectivity index (χ2n) is 6.45. The van der Waals surface area contributed by atoms with E-state index in [0.717, 1.165) is 29.5 Å². The fraction of sp³-hybridized carbons (Fsp3) is 0.263. The first-order chi connectivity index (χ1) is 12.0.